The SMILES string of the molecule is Cc1ccc(NC(=O)c2cc3ccccc3oc2=Nc2ccc(F)cc2Cl)nc1. The molecule has 0 fully saturated rings. The minimum atomic E-state index is -0.479. The lowest BCUT2D eigenvalue weighted by molar-refractivity contribution is 0.102. The molecule has 5 nitrogen and oxygen atoms in total. The largest absolute Gasteiger partial charge is 0.438 e. The standard InChI is InChI=1S/C22H15ClFN3O2/c1-13-6-9-20(25-12-13)27-21(28)16-10-14-4-2-3-5-19(14)29-22(16)26-18-8-7-15(24)11-17(18)23/h2-12H,1H3,(H,25,27,28). The third-order valence-corrected chi connectivity index (χ3v) is 4.49. The molecule has 0 atom stereocenters. The predicted molar refractivity (Wildman–Crippen MR) is 110 cm³/mol. The first-order chi connectivity index (χ1) is 14.0. The lowest BCUT2D eigenvalue weighted by Crippen LogP contribution is -2.22. The molecule has 2 aromatic heterocycles. The van der Waals surface area contributed by atoms with Crippen LogP contribution in [0.2, 0.25) is 5.02 Å². The Morgan fingerprint density at radius 2 is 1.97 bits per heavy atom. The summed E-state index contributed by atoms with van der Waals surface area (Å²) >= 11 is 6.09. The Morgan fingerprint density at radius 1 is 1.14 bits per heavy atom. The topological polar surface area (TPSA) is 67.5 Å². The number of para-hydroxylation sites is 1. The lowest BCUT2D eigenvalue weighted by Gasteiger charge is -2.07. The summed E-state index contributed by atoms with van der Waals surface area (Å²) in [6, 6.07) is 16.3. The number of aromatic nitrogens is 1. The van der Waals surface area contributed by atoms with E-state index >= 15 is 0 Å². The van der Waals surface area contributed by atoms with Crippen LogP contribution in [-0.4, -0.2) is 10.9 Å². The number of nitrogens with zero attached hydrogens (tertiary/aromatic N) is 2. The van der Waals surface area contributed by atoms with E-state index < -0.39 is 11.7 Å². The van der Waals surface area contributed by atoms with Crippen LogP contribution in [-0.2, 0) is 0 Å². The fraction of sp³-hybridized carbons (Fsp3) is 0.0455. The van der Waals surface area contributed by atoms with E-state index in [4.69, 9.17) is 16.0 Å². The number of benzene rings is 2. The normalized spacial score (nSPS) is 11.6. The van der Waals surface area contributed by atoms with Crippen molar-refractivity contribution in [3.8, 4) is 0 Å². The lowest BCUT2D eigenvalue weighted by atomic mass is 10.1. The van der Waals surface area contributed by atoms with Crippen LogP contribution in [0, 0.1) is 12.7 Å². The highest BCUT2D eigenvalue weighted by molar-refractivity contribution is 6.32. The molecule has 1 N–H and O–H groups in total. The molecular formula is C22H15ClFN3O2. The number of pyridine rings is 1. The molecule has 0 aliphatic carbocycles. The minimum Gasteiger partial charge on any atom is -0.438 e. The molecule has 0 spiro atoms. The smallest absolute Gasteiger partial charge is 0.262 e. The quantitative estimate of drug-likeness (QED) is 0.493. The first-order valence-corrected chi connectivity index (χ1v) is 9.14. The van der Waals surface area contributed by atoms with E-state index in [0.717, 1.165) is 17.0 Å². The number of carbonyl (C=O) groups is 1. The molecule has 4 aromatic rings. The summed E-state index contributed by atoms with van der Waals surface area (Å²) in [5, 5.41) is 3.58. The number of amides is 1. The molecule has 2 heterocycles. The van der Waals surface area contributed by atoms with Crippen molar-refractivity contribution in [2.45, 2.75) is 6.92 Å². The van der Waals surface area contributed by atoms with E-state index in [1.807, 2.05) is 31.2 Å². The van der Waals surface area contributed by atoms with Gasteiger partial charge in [-0.2, -0.15) is 0 Å². The van der Waals surface area contributed by atoms with Crippen LogP contribution in [0.25, 0.3) is 11.0 Å². The molecule has 0 saturated heterocycles. The summed E-state index contributed by atoms with van der Waals surface area (Å²) < 4.78 is 19.2. The highest BCUT2D eigenvalue weighted by Crippen LogP contribution is 2.25. The number of hydrogen-bond donors (Lipinski definition) is 1. The highest BCUT2D eigenvalue weighted by Gasteiger charge is 2.14. The first-order valence-electron chi connectivity index (χ1n) is 8.76. The predicted octanol–water partition coefficient (Wildman–Crippen LogP) is 5.41. The average molecular weight is 408 g/mol. The van der Waals surface area contributed by atoms with Gasteiger partial charge in [-0.05, 0) is 48.9 Å². The molecule has 7 heteroatoms. The number of fused-ring (bicyclic) bond motifs is 1. The van der Waals surface area contributed by atoms with Crippen molar-refractivity contribution in [3.05, 3.63) is 94.4 Å². The van der Waals surface area contributed by atoms with Gasteiger partial charge >= 0.3 is 0 Å². The summed E-state index contributed by atoms with van der Waals surface area (Å²) in [6.45, 7) is 1.91. The number of halogens is 2. The van der Waals surface area contributed by atoms with Crippen LogP contribution < -0.4 is 10.9 Å². The Balaban J connectivity index is 1.84. The van der Waals surface area contributed by atoms with E-state index in [9.17, 15) is 9.18 Å². The van der Waals surface area contributed by atoms with Crippen molar-refractivity contribution in [1.29, 1.82) is 0 Å². The van der Waals surface area contributed by atoms with Crippen molar-refractivity contribution >= 4 is 40.0 Å². The Kier molecular flexibility index (Phi) is 5.10. The van der Waals surface area contributed by atoms with Crippen LogP contribution in [0.4, 0.5) is 15.9 Å². The monoisotopic (exact) mass is 407 g/mol. The molecule has 2 aromatic carbocycles. The number of rotatable bonds is 3. The van der Waals surface area contributed by atoms with Crippen molar-refractivity contribution in [2.24, 2.45) is 4.99 Å². The molecule has 29 heavy (non-hydrogen) atoms. The van der Waals surface area contributed by atoms with Gasteiger partial charge in [0, 0.05) is 11.6 Å². The van der Waals surface area contributed by atoms with Gasteiger partial charge in [0.15, 0.2) is 0 Å². The second kappa shape index (κ2) is 7.85. The van der Waals surface area contributed by atoms with Gasteiger partial charge in [0.05, 0.1) is 10.7 Å². The van der Waals surface area contributed by atoms with Gasteiger partial charge in [-0.3, -0.25) is 4.79 Å². The molecule has 144 valence electrons. The molecule has 4 rings (SSSR count). The average Bonchev–Trinajstić information content (AvgIpc) is 2.71. The number of nitrogens with one attached hydrogen (secondary N) is 1. The Morgan fingerprint density at radius 3 is 2.72 bits per heavy atom. The zero-order valence-corrected chi connectivity index (χ0v) is 16.1. The van der Waals surface area contributed by atoms with E-state index in [0.29, 0.717) is 11.4 Å². The first kappa shape index (κ1) is 18.8. The zero-order chi connectivity index (χ0) is 20.4. The minimum absolute atomic E-state index is 0.0572. The van der Waals surface area contributed by atoms with Gasteiger partial charge in [-0.1, -0.05) is 35.9 Å². The van der Waals surface area contributed by atoms with E-state index in [2.05, 4.69) is 15.3 Å². The van der Waals surface area contributed by atoms with Crippen LogP contribution in [0.15, 0.2) is 76.3 Å². The maximum Gasteiger partial charge on any atom is 0.262 e. The Labute approximate surface area is 170 Å². The molecule has 0 saturated carbocycles. The second-order valence-corrected chi connectivity index (χ2v) is 6.79. The van der Waals surface area contributed by atoms with E-state index in [1.165, 1.54) is 12.1 Å². The molecule has 1 amide bonds. The summed E-state index contributed by atoms with van der Waals surface area (Å²) in [6.07, 6.45) is 1.66. The van der Waals surface area contributed by atoms with Gasteiger partial charge in [-0.25, -0.2) is 14.4 Å². The number of aryl methyl sites for hydroxylation is 1. The fourth-order valence-corrected chi connectivity index (χ4v) is 2.93. The van der Waals surface area contributed by atoms with E-state index in [-0.39, 0.29) is 21.8 Å². The highest BCUT2D eigenvalue weighted by atomic mass is 35.5. The van der Waals surface area contributed by atoms with Gasteiger partial charge in [0.25, 0.3) is 5.91 Å². The maximum atomic E-state index is 13.4. The Hall–Kier alpha value is -3.51. The molecule has 0 radical (unpaired) electrons. The molecule has 0 aliphatic heterocycles. The molecule has 0 aliphatic rings. The molecule has 0 unspecified atom stereocenters. The third-order valence-electron chi connectivity index (χ3n) is 4.19. The maximum absolute atomic E-state index is 13.4. The second-order valence-electron chi connectivity index (χ2n) is 6.39. The third kappa shape index (κ3) is 4.17. The van der Waals surface area contributed by atoms with Crippen LogP contribution >= 0.6 is 11.6 Å². The van der Waals surface area contributed by atoms with Gasteiger partial charge in [-0.15, -0.1) is 0 Å². The number of hydrogen-bond acceptors (Lipinski definition) is 4. The van der Waals surface area contributed by atoms with Crippen molar-refractivity contribution in [1.82, 2.24) is 4.98 Å². The molecular weight excluding hydrogens is 393 g/mol. The van der Waals surface area contributed by atoms with Gasteiger partial charge < -0.3 is 9.73 Å². The number of carbonyl (C=O) groups excluding carboxylic acids is 1. The number of anilines is 1. The Bertz CT molecular complexity index is 1280. The van der Waals surface area contributed by atoms with Crippen molar-refractivity contribution in [3.63, 3.8) is 0 Å². The summed E-state index contributed by atoms with van der Waals surface area (Å²) in [5.41, 5.74) is 2.07. The van der Waals surface area contributed by atoms with Gasteiger partial charge in [0.1, 0.15) is 22.8 Å². The van der Waals surface area contributed by atoms with Gasteiger partial charge in [0.2, 0.25) is 5.55 Å². The summed E-state index contributed by atoms with van der Waals surface area (Å²) in [5.74, 6) is -0.514. The van der Waals surface area contributed by atoms with Crippen molar-refractivity contribution < 1.29 is 13.6 Å². The van der Waals surface area contributed by atoms with Crippen LogP contribution in [0.1, 0.15) is 15.9 Å². The molecule has 0 bridgehead atoms. The fourth-order valence-electron chi connectivity index (χ4n) is 2.72. The van der Waals surface area contributed by atoms with E-state index in [1.54, 1.807) is 24.4 Å². The summed E-state index contributed by atoms with van der Waals surface area (Å²) in [7, 11) is 0. The van der Waals surface area contributed by atoms with Crippen LogP contribution in [0.3, 0.4) is 0 Å². The van der Waals surface area contributed by atoms with Crippen molar-refractivity contribution in [2.75, 3.05) is 5.32 Å². The van der Waals surface area contributed by atoms with Crippen LogP contribution in [0.5, 0.6) is 0 Å². The zero-order valence-electron chi connectivity index (χ0n) is 15.3. The summed E-state index contributed by atoms with van der Waals surface area (Å²) in [4.78, 5) is 21.5.